The molecule has 0 fully saturated rings. The quantitative estimate of drug-likeness (QED) is 0.809. The van der Waals surface area contributed by atoms with E-state index in [0.29, 0.717) is 0 Å². The Morgan fingerprint density at radius 3 is 2.94 bits per heavy atom. The summed E-state index contributed by atoms with van der Waals surface area (Å²) in [6, 6.07) is 0.201. The molecule has 2 N–H and O–H groups in total. The van der Waals surface area contributed by atoms with Crippen molar-refractivity contribution in [2.24, 2.45) is 11.1 Å². The van der Waals surface area contributed by atoms with Crippen LogP contribution in [0.5, 0.6) is 0 Å². The van der Waals surface area contributed by atoms with Crippen molar-refractivity contribution in [1.82, 2.24) is 19.7 Å². The van der Waals surface area contributed by atoms with Crippen molar-refractivity contribution in [3.05, 3.63) is 12.2 Å². The highest BCUT2D eigenvalue weighted by Crippen LogP contribution is 2.22. The van der Waals surface area contributed by atoms with E-state index in [1.54, 1.807) is 0 Å². The van der Waals surface area contributed by atoms with Gasteiger partial charge in [0, 0.05) is 25.7 Å². The first-order valence-corrected chi connectivity index (χ1v) is 5.83. The van der Waals surface area contributed by atoms with Gasteiger partial charge in [-0.15, -0.1) is 10.2 Å². The van der Waals surface area contributed by atoms with Crippen LogP contribution >= 0.6 is 0 Å². The predicted octanol–water partition coefficient (Wildman–Crippen LogP) is 0.467. The molecule has 1 aliphatic rings. The first-order chi connectivity index (χ1) is 7.49. The number of hydrogen-bond acceptors (Lipinski definition) is 4. The van der Waals surface area contributed by atoms with Crippen LogP contribution in [0.15, 0.2) is 6.33 Å². The van der Waals surface area contributed by atoms with Gasteiger partial charge in [0.05, 0.1) is 6.54 Å². The predicted molar refractivity (Wildman–Crippen MR) is 62.7 cm³/mol. The van der Waals surface area contributed by atoms with E-state index in [9.17, 15) is 0 Å². The van der Waals surface area contributed by atoms with Gasteiger partial charge in [-0.25, -0.2) is 0 Å². The van der Waals surface area contributed by atoms with Gasteiger partial charge >= 0.3 is 0 Å². The average molecular weight is 223 g/mol. The van der Waals surface area contributed by atoms with Crippen molar-refractivity contribution in [2.75, 3.05) is 13.1 Å². The molecular formula is C11H21N5. The van der Waals surface area contributed by atoms with E-state index in [0.717, 1.165) is 32.0 Å². The molecule has 16 heavy (non-hydrogen) atoms. The number of nitrogens with zero attached hydrogens (tertiary/aromatic N) is 4. The number of aromatic nitrogens is 3. The summed E-state index contributed by atoms with van der Waals surface area (Å²) in [5.41, 5.74) is 6.14. The van der Waals surface area contributed by atoms with Crippen LogP contribution in [0.25, 0.3) is 0 Å². The molecule has 2 heterocycles. The normalized spacial score (nSPS) is 19.5. The topological polar surface area (TPSA) is 60.0 Å². The number of fused-ring (bicyclic) bond motifs is 1. The lowest BCUT2D eigenvalue weighted by Gasteiger charge is -2.37. The van der Waals surface area contributed by atoms with Gasteiger partial charge in [-0.1, -0.05) is 13.8 Å². The first kappa shape index (κ1) is 11.5. The SMILES string of the molecule is CC(N)C(C)(C)CN1CCn2cnnc2C1. The highest BCUT2D eigenvalue weighted by atomic mass is 15.3. The van der Waals surface area contributed by atoms with Gasteiger partial charge in [0.15, 0.2) is 0 Å². The van der Waals surface area contributed by atoms with E-state index in [1.165, 1.54) is 0 Å². The van der Waals surface area contributed by atoms with Crippen molar-refractivity contribution >= 4 is 0 Å². The monoisotopic (exact) mass is 223 g/mol. The molecule has 2 rings (SSSR count). The van der Waals surface area contributed by atoms with Gasteiger partial charge in [-0.05, 0) is 12.3 Å². The van der Waals surface area contributed by atoms with E-state index in [4.69, 9.17) is 5.73 Å². The smallest absolute Gasteiger partial charge is 0.147 e. The summed E-state index contributed by atoms with van der Waals surface area (Å²) in [7, 11) is 0. The van der Waals surface area contributed by atoms with Gasteiger partial charge < -0.3 is 10.3 Å². The number of hydrogen-bond donors (Lipinski definition) is 1. The second kappa shape index (κ2) is 4.14. The second-order valence-electron chi connectivity index (χ2n) is 5.43. The molecule has 90 valence electrons. The zero-order valence-corrected chi connectivity index (χ0v) is 10.3. The van der Waals surface area contributed by atoms with Crippen LogP contribution in [0.3, 0.4) is 0 Å². The molecule has 5 heteroatoms. The Labute approximate surface area is 96.6 Å². The van der Waals surface area contributed by atoms with E-state index in [2.05, 4.69) is 40.4 Å². The Hall–Kier alpha value is -0.940. The van der Waals surface area contributed by atoms with Gasteiger partial charge in [-0.3, -0.25) is 4.90 Å². The third-order valence-electron chi connectivity index (χ3n) is 3.58. The van der Waals surface area contributed by atoms with Gasteiger partial charge in [0.1, 0.15) is 12.2 Å². The maximum atomic E-state index is 6.00. The summed E-state index contributed by atoms with van der Waals surface area (Å²) in [6.07, 6.45) is 1.81. The minimum atomic E-state index is 0.141. The van der Waals surface area contributed by atoms with Crippen molar-refractivity contribution in [3.63, 3.8) is 0 Å². The molecule has 1 atom stereocenters. The molecule has 1 aliphatic heterocycles. The Morgan fingerprint density at radius 1 is 1.50 bits per heavy atom. The Bertz CT molecular complexity index is 355. The zero-order valence-electron chi connectivity index (χ0n) is 10.3. The Balaban J connectivity index is 1.99. The average Bonchev–Trinajstić information content (AvgIpc) is 2.63. The molecule has 1 unspecified atom stereocenters. The Morgan fingerprint density at radius 2 is 2.25 bits per heavy atom. The summed E-state index contributed by atoms with van der Waals surface area (Å²) >= 11 is 0. The van der Waals surface area contributed by atoms with Crippen LogP contribution in [-0.4, -0.2) is 38.8 Å². The van der Waals surface area contributed by atoms with E-state index >= 15 is 0 Å². The molecule has 0 radical (unpaired) electrons. The number of nitrogens with two attached hydrogens (primary N) is 1. The van der Waals surface area contributed by atoms with Crippen molar-refractivity contribution in [2.45, 2.75) is 39.9 Å². The number of rotatable bonds is 3. The van der Waals surface area contributed by atoms with Gasteiger partial charge in [0.2, 0.25) is 0 Å². The second-order valence-corrected chi connectivity index (χ2v) is 5.43. The summed E-state index contributed by atoms with van der Waals surface area (Å²) in [6.45, 7) is 10.5. The zero-order chi connectivity index (χ0) is 11.8. The fraction of sp³-hybridized carbons (Fsp3) is 0.818. The molecule has 0 amide bonds. The van der Waals surface area contributed by atoms with Gasteiger partial charge in [0.25, 0.3) is 0 Å². The van der Waals surface area contributed by atoms with E-state index in [1.807, 2.05) is 6.33 Å². The molecular weight excluding hydrogens is 202 g/mol. The van der Waals surface area contributed by atoms with Crippen LogP contribution in [0, 0.1) is 5.41 Å². The van der Waals surface area contributed by atoms with Crippen LogP contribution < -0.4 is 5.73 Å². The highest BCUT2D eigenvalue weighted by Gasteiger charge is 2.28. The van der Waals surface area contributed by atoms with Crippen molar-refractivity contribution in [3.8, 4) is 0 Å². The Kier molecular flexibility index (Phi) is 2.99. The fourth-order valence-corrected chi connectivity index (χ4v) is 1.97. The summed E-state index contributed by atoms with van der Waals surface area (Å²) in [5.74, 6) is 1.06. The van der Waals surface area contributed by atoms with Crippen molar-refractivity contribution < 1.29 is 0 Å². The summed E-state index contributed by atoms with van der Waals surface area (Å²) < 4.78 is 2.12. The first-order valence-electron chi connectivity index (χ1n) is 5.83. The minimum Gasteiger partial charge on any atom is -0.327 e. The molecule has 0 saturated carbocycles. The molecule has 0 spiro atoms. The molecule has 1 aromatic rings. The maximum absolute atomic E-state index is 6.00. The van der Waals surface area contributed by atoms with Crippen LogP contribution in [0.1, 0.15) is 26.6 Å². The molecule has 1 aromatic heterocycles. The lowest BCUT2D eigenvalue weighted by Crippen LogP contribution is -2.46. The summed E-state index contributed by atoms with van der Waals surface area (Å²) in [5, 5.41) is 8.05. The molecule has 0 aromatic carbocycles. The van der Waals surface area contributed by atoms with Crippen molar-refractivity contribution in [1.29, 1.82) is 0 Å². The maximum Gasteiger partial charge on any atom is 0.147 e. The van der Waals surface area contributed by atoms with Crippen LogP contribution in [0.2, 0.25) is 0 Å². The summed E-state index contributed by atoms with van der Waals surface area (Å²) in [4.78, 5) is 2.41. The molecule has 5 nitrogen and oxygen atoms in total. The van der Waals surface area contributed by atoms with E-state index < -0.39 is 0 Å². The lowest BCUT2D eigenvalue weighted by atomic mass is 9.85. The van der Waals surface area contributed by atoms with Crippen LogP contribution in [0.4, 0.5) is 0 Å². The lowest BCUT2D eigenvalue weighted by molar-refractivity contribution is 0.129. The fourth-order valence-electron chi connectivity index (χ4n) is 1.97. The standard InChI is InChI=1S/C11H21N5/c1-9(12)11(2,3)7-15-4-5-16-8-13-14-10(16)6-15/h8-9H,4-7,12H2,1-3H3. The highest BCUT2D eigenvalue weighted by molar-refractivity contribution is 4.92. The van der Waals surface area contributed by atoms with Crippen LogP contribution in [-0.2, 0) is 13.1 Å². The molecule has 0 saturated heterocycles. The third-order valence-corrected chi connectivity index (χ3v) is 3.58. The molecule has 0 bridgehead atoms. The largest absolute Gasteiger partial charge is 0.327 e. The third kappa shape index (κ3) is 2.25. The molecule has 0 aliphatic carbocycles. The van der Waals surface area contributed by atoms with E-state index in [-0.39, 0.29) is 11.5 Å². The van der Waals surface area contributed by atoms with Gasteiger partial charge in [-0.2, -0.15) is 0 Å². The minimum absolute atomic E-state index is 0.141.